The number of hydrogen-bond donors (Lipinski definition) is 7. The van der Waals surface area contributed by atoms with Crippen LogP contribution in [0.4, 0.5) is 14.4 Å². The number of cyclic esters (lactones) is 1. The fourth-order valence-electron chi connectivity index (χ4n) is 3.76. The molecule has 0 aromatic carbocycles. The average Bonchev–Trinajstić information content (AvgIpc) is 2.18. The fourth-order valence-corrected chi connectivity index (χ4v) is 7.76. The molecule has 0 bridgehead atoms. The summed E-state index contributed by atoms with van der Waals surface area (Å²) in [6.07, 6.45) is 11.8. The summed E-state index contributed by atoms with van der Waals surface area (Å²) in [6.45, 7) is 111. The van der Waals surface area contributed by atoms with Crippen molar-refractivity contribution in [3.8, 4) is 0 Å². The van der Waals surface area contributed by atoms with E-state index in [0.29, 0.717) is 19.9 Å². The molecule has 0 atom stereocenters. The predicted octanol–water partition coefficient (Wildman–Crippen LogP) is 27.0. The molecule has 111 heavy (non-hydrogen) atoms. The zero-order valence-corrected chi connectivity index (χ0v) is 88.0. The minimum atomic E-state index is -0.296. The number of nitrogens with one attached hydrogen (secondary N) is 7. The molecule has 0 aromatic heterocycles. The molecule has 12 aliphatic heterocycles. The third-order valence-electron chi connectivity index (χ3n) is 6.69. The molecule has 0 aliphatic carbocycles. The van der Waals surface area contributed by atoms with Crippen molar-refractivity contribution in [3.63, 3.8) is 0 Å². The number of aliphatic imine (C=N–C) groups is 3. The summed E-state index contributed by atoms with van der Waals surface area (Å²) in [5, 5.41) is 24.8. The van der Waals surface area contributed by atoms with E-state index >= 15 is 0 Å². The Labute approximate surface area is 722 Å². The highest BCUT2D eigenvalue weighted by Gasteiger charge is 2.07. The van der Waals surface area contributed by atoms with Crippen molar-refractivity contribution in [2.75, 3.05) is 152 Å². The second-order valence-corrected chi connectivity index (χ2v) is 17.3. The molecule has 696 valence electrons. The van der Waals surface area contributed by atoms with Crippen molar-refractivity contribution in [2.45, 2.75) is 352 Å². The van der Waals surface area contributed by atoms with Crippen molar-refractivity contribution in [1.29, 1.82) is 0 Å². The Bertz CT molecular complexity index is 1020. The molecule has 0 radical (unpaired) electrons. The first-order valence-corrected chi connectivity index (χ1v) is 49.8. The van der Waals surface area contributed by atoms with Crippen LogP contribution >= 0.6 is 59.0 Å². The van der Waals surface area contributed by atoms with Gasteiger partial charge in [0.1, 0.15) is 26.6 Å². The number of rotatable bonds is 0. The van der Waals surface area contributed by atoms with Gasteiger partial charge in [-0.2, -0.15) is 28.6 Å². The normalized spacial score (nSPS) is 13.1. The standard InChI is InChI=1S/C3H6N2O.2C3H6N2.C3H5NO2.C3H5NOS.C3H7NO.2C3H5NO.2C3H5NS.C3H6O2.C3H6S2.24C2H6/c6-3-4-1-2-5-3;1-2-5-3-4-1;1-2-4-5-3-1;2*5-3-4-1-2-6-3;2*1-2-5-3-4-1;1-2-4-5-3-1;1-2-5-3-4-1;1-2-4-5-3-1;2*1-2-5-3-4-1;24*1-2/h1-2H2,(H2,4,5,6);3H,1-2H2,(H,4,5);2,5H,1,3H2;2*1-2H2,(H,4,5);4H,1-3H2;3H,1-2H2;2H,1,3H2;3H,1-2H2;2H,1,3H2;2*1-3H2;24*1-2H3. The lowest BCUT2D eigenvalue weighted by molar-refractivity contribution is 0.0692. The third kappa shape index (κ3) is 297. The number of hydrogen-bond acceptors (Lipinski definition) is 23. The van der Waals surface area contributed by atoms with E-state index in [1.54, 1.807) is 36.3 Å². The van der Waals surface area contributed by atoms with Gasteiger partial charge in [0.05, 0.1) is 58.1 Å². The van der Waals surface area contributed by atoms with Gasteiger partial charge in [0, 0.05) is 111 Å². The summed E-state index contributed by atoms with van der Waals surface area (Å²) < 4.78 is 27.2. The topological polar surface area (TPSA) is 265 Å². The number of alkyl carbamates (subject to hydrolysis) is 1. The minimum Gasteiger partial charge on any atom is -0.482 e. The van der Waals surface area contributed by atoms with Crippen LogP contribution in [0.1, 0.15) is 352 Å². The van der Waals surface area contributed by atoms with Gasteiger partial charge < -0.3 is 60.5 Å². The number of carbonyl (C=O) groups is 3. The molecule has 0 aromatic rings. The van der Waals surface area contributed by atoms with Crippen molar-refractivity contribution in [3.05, 3.63) is 0 Å². The molecule has 12 aliphatic rings. The summed E-state index contributed by atoms with van der Waals surface area (Å²) >= 11 is 8.85. The van der Waals surface area contributed by atoms with Gasteiger partial charge in [-0.25, -0.2) is 14.0 Å². The first kappa shape index (κ1) is 175. The molecule has 12 heterocycles. The number of thioether (sulfide) groups is 4. The van der Waals surface area contributed by atoms with Gasteiger partial charge >= 0.3 is 12.1 Å². The minimum absolute atomic E-state index is 0.0463. The molecule has 6 fully saturated rings. The Morgan fingerprint density at radius 1 is 0.378 bits per heavy atom. The lowest BCUT2D eigenvalue weighted by Crippen LogP contribution is -2.20. The van der Waals surface area contributed by atoms with Crippen molar-refractivity contribution in [2.24, 2.45) is 29.6 Å². The first-order valence-electron chi connectivity index (χ1n) is 44.5. The first-order chi connectivity index (χ1) is 55.2. The van der Waals surface area contributed by atoms with E-state index in [-0.39, 0.29) is 17.4 Å². The highest BCUT2D eigenvalue weighted by Crippen LogP contribution is 2.20. The van der Waals surface area contributed by atoms with Crippen LogP contribution in [0.5, 0.6) is 0 Å². The molecular weight excluding hydrogens is 1500 g/mol. The van der Waals surface area contributed by atoms with Crippen molar-refractivity contribution < 1.29 is 42.9 Å². The quantitative estimate of drug-likeness (QED) is 0.111. The molecule has 27 heteroatoms. The van der Waals surface area contributed by atoms with Crippen LogP contribution in [-0.4, -0.2) is 207 Å². The Morgan fingerprint density at radius 3 is 0.973 bits per heavy atom. The number of ether oxygens (including phenoxy) is 5. The van der Waals surface area contributed by atoms with Gasteiger partial charge in [-0.05, 0) is 18.4 Å². The molecule has 0 saturated carbocycles. The molecule has 22 nitrogen and oxygen atoms in total. The highest BCUT2D eigenvalue weighted by molar-refractivity contribution is 8.19. The monoisotopic (exact) mass is 1710 g/mol. The van der Waals surface area contributed by atoms with Crippen LogP contribution in [0.25, 0.3) is 0 Å². The van der Waals surface area contributed by atoms with Gasteiger partial charge in [-0.3, -0.25) is 25.1 Å². The third-order valence-corrected chi connectivity index (χ3v) is 11.5. The maximum absolute atomic E-state index is 10.1. The van der Waals surface area contributed by atoms with E-state index in [4.69, 9.17) is 14.2 Å². The number of carbonyl (C=O) groups excluding carboxylic acids is 3. The zero-order chi connectivity index (χ0) is 93.0. The van der Waals surface area contributed by atoms with Gasteiger partial charge in [0.2, 0.25) is 0 Å². The van der Waals surface area contributed by atoms with E-state index in [1.807, 2.05) is 374 Å². The van der Waals surface area contributed by atoms with Crippen LogP contribution in [0.2, 0.25) is 0 Å². The Morgan fingerprint density at radius 2 is 0.865 bits per heavy atom. The van der Waals surface area contributed by atoms with E-state index in [1.165, 1.54) is 52.7 Å². The van der Waals surface area contributed by atoms with Crippen LogP contribution < -0.4 is 37.3 Å². The molecule has 6 saturated heterocycles. The summed E-state index contributed by atoms with van der Waals surface area (Å²) in [5.74, 6) is 6.09. The molecular formula is C84H211N13O9S5. The van der Waals surface area contributed by atoms with E-state index in [2.05, 4.69) is 81.3 Å². The Balaban J connectivity index is -0.0000000323. The van der Waals surface area contributed by atoms with Crippen LogP contribution in [-0.2, 0) is 28.5 Å². The lowest BCUT2D eigenvalue weighted by Gasteiger charge is -1.80. The maximum Gasteiger partial charge on any atom is 0.407 e. The van der Waals surface area contributed by atoms with Gasteiger partial charge in [0.15, 0.2) is 6.40 Å². The Hall–Kier alpha value is -3.18. The van der Waals surface area contributed by atoms with Gasteiger partial charge in [0.25, 0.3) is 5.24 Å². The molecule has 4 amide bonds. The van der Waals surface area contributed by atoms with Crippen molar-refractivity contribution in [1.82, 2.24) is 37.3 Å². The fraction of sp³-hybridized carbons (Fsp3) is 0.893. The number of urea groups is 1. The molecule has 0 unspecified atom stereocenters. The van der Waals surface area contributed by atoms with Gasteiger partial charge in [-0.1, -0.05) is 349 Å². The van der Waals surface area contributed by atoms with E-state index in [0.717, 1.165) is 117 Å². The SMILES string of the molecule is C1=NCCN1.C1=NCCO1.C1=NCCS1.C1=NNCC1.C1=NOCC1.C1=NSCC1.C1COCN1.C1COCO1.C1CSCS1.CC.CC.CC.CC.CC.CC.CC.CC.CC.CC.CC.CC.CC.CC.CC.CC.CC.CC.CC.CC.CC.CC.CC.CC.O=C1NCCN1.O=C1NCCO1.O=C1NCCS1. The van der Waals surface area contributed by atoms with Crippen molar-refractivity contribution >= 4 is 113 Å². The number of hydrazone groups is 1. The maximum atomic E-state index is 10.1. The number of nitrogens with zero attached hydrogens (tertiary/aromatic N) is 6. The lowest BCUT2D eigenvalue weighted by atomic mass is 10.5. The second kappa shape index (κ2) is 303. The van der Waals surface area contributed by atoms with Crippen LogP contribution in [0, 0.1) is 0 Å². The van der Waals surface area contributed by atoms with E-state index in [9.17, 15) is 14.4 Å². The highest BCUT2D eigenvalue weighted by atomic mass is 32.2. The summed E-state index contributed by atoms with van der Waals surface area (Å²) in [7, 11) is 0. The summed E-state index contributed by atoms with van der Waals surface area (Å²) in [4.78, 5) is 46.0. The van der Waals surface area contributed by atoms with Gasteiger partial charge in [-0.15, -0.1) is 11.8 Å². The Kier molecular flexibility index (Phi) is 478. The zero-order valence-electron chi connectivity index (χ0n) is 84.0. The van der Waals surface area contributed by atoms with Crippen LogP contribution in [0.3, 0.4) is 0 Å². The average molecular weight is 1710 g/mol. The molecule has 7 N–H and O–H groups in total. The van der Waals surface area contributed by atoms with E-state index < -0.39 is 0 Å². The number of amides is 4. The molecule has 0 spiro atoms. The summed E-state index contributed by atoms with van der Waals surface area (Å²) in [5.41, 5.74) is 4.69. The second-order valence-electron chi connectivity index (χ2n) is 11.8. The number of oxime groups is 1. The molecule has 12 rings (SSSR count). The predicted molar refractivity (Wildman–Crippen MR) is 537 cm³/mol. The summed E-state index contributed by atoms with van der Waals surface area (Å²) in [6, 6.07) is -0.0463. The van der Waals surface area contributed by atoms with Crippen LogP contribution in [0.15, 0.2) is 29.6 Å². The smallest absolute Gasteiger partial charge is 0.407 e. The largest absolute Gasteiger partial charge is 0.482 e.